The molecule has 0 bridgehead atoms. The van der Waals surface area contributed by atoms with Gasteiger partial charge in [-0.2, -0.15) is 0 Å². The SMILES string of the molecule is CCN(CC(=O)O)C1CC(NC(=O)N(C)Cc2ccc3cc(OC)ccc3c2)C1. The Bertz CT molecular complexity index is 879. The fourth-order valence-corrected chi connectivity index (χ4v) is 3.81. The Morgan fingerprint density at radius 1 is 1.17 bits per heavy atom. The number of rotatable bonds is 8. The topological polar surface area (TPSA) is 82.1 Å². The summed E-state index contributed by atoms with van der Waals surface area (Å²) in [6, 6.07) is 12.3. The fraction of sp³-hybridized carbons (Fsp3) is 0.455. The van der Waals surface area contributed by atoms with Gasteiger partial charge in [-0.1, -0.05) is 25.1 Å². The molecule has 0 radical (unpaired) electrons. The molecule has 1 aliphatic rings. The van der Waals surface area contributed by atoms with Crippen LogP contribution in [0.4, 0.5) is 4.79 Å². The second kappa shape index (κ2) is 9.13. The van der Waals surface area contributed by atoms with Gasteiger partial charge in [-0.25, -0.2) is 4.79 Å². The van der Waals surface area contributed by atoms with E-state index in [1.165, 1.54) is 0 Å². The average Bonchev–Trinajstić information content (AvgIpc) is 2.68. The fourth-order valence-electron chi connectivity index (χ4n) is 3.81. The molecule has 2 aromatic rings. The second-order valence-corrected chi connectivity index (χ2v) is 7.63. The molecule has 7 heteroatoms. The number of carboxylic acids is 1. The van der Waals surface area contributed by atoms with Crippen LogP contribution < -0.4 is 10.1 Å². The van der Waals surface area contributed by atoms with Gasteiger partial charge in [-0.3, -0.25) is 9.69 Å². The number of hydrogen-bond acceptors (Lipinski definition) is 4. The minimum atomic E-state index is -0.812. The van der Waals surface area contributed by atoms with Gasteiger partial charge < -0.3 is 20.1 Å². The van der Waals surface area contributed by atoms with E-state index in [0.717, 1.165) is 34.9 Å². The zero-order chi connectivity index (χ0) is 21.0. The average molecular weight is 399 g/mol. The van der Waals surface area contributed by atoms with Crippen LogP contribution in [0, 0.1) is 0 Å². The van der Waals surface area contributed by atoms with Crippen LogP contribution in [0.25, 0.3) is 10.8 Å². The molecule has 156 valence electrons. The molecule has 1 fully saturated rings. The Balaban J connectivity index is 1.51. The number of aliphatic carboxylic acids is 1. The van der Waals surface area contributed by atoms with Gasteiger partial charge in [0, 0.05) is 25.7 Å². The highest BCUT2D eigenvalue weighted by atomic mass is 16.5. The number of amides is 2. The maximum absolute atomic E-state index is 12.5. The van der Waals surface area contributed by atoms with Crippen molar-refractivity contribution in [2.24, 2.45) is 0 Å². The van der Waals surface area contributed by atoms with Crippen molar-refractivity contribution < 1.29 is 19.4 Å². The zero-order valence-corrected chi connectivity index (χ0v) is 17.2. The predicted octanol–water partition coefficient (Wildman–Crippen LogP) is 2.93. The minimum absolute atomic E-state index is 0.0512. The van der Waals surface area contributed by atoms with Crippen molar-refractivity contribution in [3.8, 4) is 5.75 Å². The van der Waals surface area contributed by atoms with Crippen LogP contribution in [0.2, 0.25) is 0 Å². The van der Waals surface area contributed by atoms with E-state index in [-0.39, 0.29) is 24.7 Å². The highest BCUT2D eigenvalue weighted by Gasteiger charge is 2.35. The molecular formula is C22H29N3O4. The lowest BCUT2D eigenvalue weighted by atomic mass is 9.85. The van der Waals surface area contributed by atoms with Crippen molar-refractivity contribution in [3.05, 3.63) is 42.0 Å². The highest BCUT2D eigenvalue weighted by molar-refractivity contribution is 5.84. The Labute approximate surface area is 171 Å². The van der Waals surface area contributed by atoms with Crippen molar-refractivity contribution in [1.29, 1.82) is 0 Å². The first kappa shape index (κ1) is 20.9. The quantitative estimate of drug-likeness (QED) is 0.713. The second-order valence-electron chi connectivity index (χ2n) is 7.63. The van der Waals surface area contributed by atoms with Crippen molar-refractivity contribution in [2.45, 2.75) is 38.4 Å². The summed E-state index contributed by atoms with van der Waals surface area (Å²) in [5.74, 6) is 0.0124. The van der Waals surface area contributed by atoms with Crippen molar-refractivity contribution in [1.82, 2.24) is 15.1 Å². The number of carboxylic acid groups (broad SMARTS) is 1. The molecule has 0 atom stereocenters. The van der Waals surface area contributed by atoms with Crippen LogP contribution in [0.15, 0.2) is 36.4 Å². The Hall–Kier alpha value is -2.80. The van der Waals surface area contributed by atoms with Gasteiger partial charge in [0.1, 0.15) is 5.75 Å². The summed E-state index contributed by atoms with van der Waals surface area (Å²) in [4.78, 5) is 27.1. The number of benzene rings is 2. The standard InChI is InChI=1S/C22H29N3O4/c1-4-25(14-21(26)27)19-11-18(12-19)23-22(28)24(2)13-15-5-6-17-10-20(29-3)8-7-16(17)9-15/h5-10,18-19H,4,11-14H2,1-3H3,(H,23,28)(H,26,27). The maximum atomic E-state index is 12.5. The number of nitrogens with one attached hydrogen (secondary N) is 1. The Kier molecular flexibility index (Phi) is 6.59. The molecule has 2 N–H and O–H groups in total. The molecule has 3 rings (SSSR count). The summed E-state index contributed by atoms with van der Waals surface area (Å²) < 4.78 is 5.26. The van der Waals surface area contributed by atoms with Crippen LogP contribution in [0.5, 0.6) is 5.75 Å². The number of likely N-dealkylation sites (N-methyl/N-ethyl adjacent to an activating group) is 1. The van der Waals surface area contributed by atoms with Gasteiger partial charge in [0.25, 0.3) is 0 Å². The van der Waals surface area contributed by atoms with Crippen LogP contribution in [0.3, 0.4) is 0 Å². The summed E-state index contributed by atoms with van der Waals surface area (Å²) >= 11 is 0. The van der Waals surface area contributed by atoms with E-state index < -0.39 is 5.97 Å². The minimum Gasteiger partial charge on any atom is -0.497 e. The first-order valence-electron chi connectivity index (χ1n) is 9.93. The van der Waals surface area contributed by atoms with Gasteiger partial charge in [0.05, 0.1) is 13.7 Å². The number of urea groups is 1. The number of carbonyl (C=O) groups is 2. The number of ether oxygens (including phenoxy) is 1. The van der Waals surface area contributed by atoms with Gasteiger partial charge in [-0.15, -0.1) is 0 Å². The summed E-state index contributed by atoms with van der Waals surface area (Å²) in [5, 5.41) is 14.2. The number of methoxy groups -OCH3 is 1. The molecule has 1 aliphatic carbocycles. The van der Waals surface area contributed by atoms with E-state index in [9.17, 15) is 9.59 Å². The number of fused-ring (bicyclic) bond motifs is 1. The predicted molar refractivity (Wildman–Crippen MR) is 112 cm³/mol. The third kappa shape index (κ3) is 5.17. The molecule has 29 heavy (non-hydrogen) atoms. The molecule has 7 nitrogen and oxygen atoms in total. The van der Waals surface area contributed by atoms with Gasteiger partial charge in [0.2, 0.25) is 0 Å². The Morgan fingerprint density at radius 2 is 1.86 bits per heavy atom. The van der Waals surface area contributed by atoms with Crippen molar-refractivity contribution in [2.75, 3.05) is 27.2 Å². The summed E-state index contributed by atoms with van der Waals surface area (Å²) in [5.41, 5.74) is 1.06. The number of nitrogens with zero attached hydrogens (tertiary/aromatic N) is 2. The van der Waals surface area contributed by atoms with E-state index >= 15 is 0 Å². The Morgan fingerprint density at radius 3 is 2.52 bits per heavy atom. The lowest BCUT2D eigenvalue weighted by molar-refractivity contribution is -0.139. The smallest absolute Gasteiger partial charge is 0.317 e. The zero-order valence-electron chi connectivity index (χ0n) is 17.2. The van der Waals surface area contributed by atoms with E-state index in [1.807, 2.05) is 42.2 Å². The molecule has 0 aromatic heterocycles. The first-order valence-corrected chi connectivity index (χ1v) is 9.93. The van der Waals surface area contributed by atoms with Gasteiger partial charge in [0.15, 0.2) is 0 Å². The van der Waals surface area contributed by atoms with Crippen molar-refractivity contribution >= 4 is 22.8 Å². The van der Waals surface area contributed by atoms with E-state index in [4.69, 9.17) is 9.84 Å². The van der Waals surface area contributed by atoms with Crippen LogP contribution >= 0.6 is 0 Å². The van der Waals surface area contributed by atoms with Crippen LogP contribution in [0.1, 0.15) is 25.3 Å². The van der Waals surface area contributed by atoms with Crippen LogP contribution in [-0.4, -0.2) is 66.2 Å². The van der Waals surface area contributed by atoms with Gasteiger partial charge >= 0.3 is 12.0 Å². The van der Waals surface area contributed by atoms with E-state index in [2.05, 4.69) is 11.4 Å². The number of hydrogen-bond donors (Lipinski definition) is 2. The third-order valence-corrected chi connectivity index (χ3v) is 5.58. The largest absolute Gasteiger partial charge is 0.497 e. The maximum Gasteiger partial charge on any atom is 0.317 e. The van der Waals surface area contributed by atoms with Crippen LogP contribution in [-0.2, 0) is 11.3 Å². The van der Waals surface area contributed by atoms with E-state index in [0.29, 0.717) is 13.1 Å². The molecule has 0 aliphatic heterocycles. The van der Waals surface area contributed by atoms with Gasteiger partial charge in [-0.05, 0) is 53.9 Å². The lowest BCUT2D eigenvalue weighted by Crippen LogP contribution is -2.56. The summed E-state index contributed by atoms with van der Waals surface area (Å²) in [6.07, 6.45) is 1.58. The molecule has 2 amide bonds. The number of carbonyl (C=O) groups excluding carboxylic acids is 1. The van der Waals surface area contributed by atoms with Crippen molar-refractivity contribution in [3.63, 3.8) is 0 Å². The molecule has 0 spiro atoms. The lowest BCUT2D eigenvalue weighted by Gasteiger charge is -2.42. The molecular weight excluding hydrogens is 370 g/mol. The third-order valence-electron chi connectivity index (χ3n) is 5.58. The molecule has 0 saturated heterocycles. The molecule has 0 unspecified atom stereocenters. The highest BCUT2D eigenvalue weighted by Crippen LogP contribution is 2.26. The monoisotopic (exact) mass is 399 g/mol. The molecule has 0 heterocycles. The molecule has 1 saturated carbocycles. The normalized spacial score (nSPS) is 18.3. The summed E-state index contributed by atoms with van der Waals surface area (Å²) in [6.45, 7) is 3.23. The summed E-state index contributed by atoms with van der Waals surface area (Å²) in [7, 11) is 3.44. The first-order chi connectivity index (χ1) is 13.9. The van der Waals surface area contributed by atoms with E-state index in [1.54, 1.807) is 19.1 Å². The molecule has 2 aromatic carbocycles.